The van der Waals surface area contributed by atoms with Crippen LogP contribution in [0.1, 0.15) is 5.56 Å². The molecule has 0 saturated heterocycles. The van der Waals surface area contributed by atoms with Gasteiger partial charge in [-0.1, -0.05) is 42.0 Å². The van der Waals surface area contributed by atoms with Gasteiger partial charge >= 0.3 is 0 Å². The molecule has 2 heterocycles. The molecule has 6 nitrogen and oxygen atoms in total. The van der Waals surface area contributed by atoms with Crippen LogP contribution in [0.3, 0.4) is 0 Å². The predicted molar refractivity (Wildman–Crippen MR) is 110 cm³/mol. The van der Waals surface area contributed by atoms with Crippen molar-refractivity contribution in [2.24, 2.45) is 0 Å². The summed E-state index contributed by atoms with van der Waals surface area (Å²) in [5.41, 5.74) is 11.4. The largest absolute Gasteiger partial charge is 0.493 e. The number of ether oxygens (including phenoxy) is 2. The van der Waals surface area contributed by atoms with Crippen LogP contribution in [0, 0.1) is 6.92 Å². The van der Waals surface area contributed by atoms with Gasteiger partial charge in [-0.05, 0) is 19.1 Å². The molecule has 0 amide bonds. The first-order valence-corrected chi connectivity index (χ1v) is 8.82. The maximum absolute atomic E-state index is 6.20. The molecule has 2 N–H and O–H groups in total. The molecule has 0 aliphatic carbocycles. The van der Waals surface area contributed by atoms with E-state index in [-0.39, 0.29) is 0 Å². The highest BCUT2D eigenvalue weighted by molar-refractivity contribution is 6.02. The molecule has 4 aromatic rings. The highest BCUT2D eigenvalue weighted by Gasteiger charge is 2.18. The van der Waals surface area contributed by atoms with Crippen LogP contribution in [-0.2, 0) is 0 Å². The zero-order chi connectivity index (χ0) is 19.7. The fourth-order valence-electron chi connectivity index (χ4n) is 3.27. The van der Waals surface area contributed by atoms with Crippen molar-refractivity contribution in [3.05, 3.63) is 60.4 Å². The van der Waals surface area contributed by atoms with E-state index in [0.717, 1.165) is 22.4 Å². The number of nitrogens with zero attached hydrogens (tertiary/aromatic N) is 3. The molecular formula is C22H20N4O2. The molecule has 0 fully saturated rings. The Morgan fingerprint density at radius 3 is 2.39 bits per heavy atom. The van der Waals surface area contributed by atoms with Gasteiger partial charge < -0.3 is 15.2 Å². The molecule has 28 heavy (non-hydrogen) atoms. The van der Waals surface area contributed by atoms with E-state index in [1.807, 2.05) is 36.4 Å². The highest BCUT2D eigenvalue weighted by Crippen LogP contribution is 2.42. The Balaban J connectivity index is 2.06. The summed E-state index contributed by atoms with van der Waals surface area (Å²) in [5.74, 6) is 1.63. The molecule has 0 bridgehead atoms. The minimum atomic E-state index is 0.368. The molecule has 6 heteroatoms. The number of nitrogen functional groups attached to an aromatic ring is 1. The van der Waals surface area contributed by atoms with Gasteiger partial charge in [0, 0.05) is 16.7 Å². The van der Waals surface area contributed by atoms with Gasteiger partial charge in [-0.2, -0.15) is 0 Å². The lowest BCUT2D eigenvalue weighted by atomic mass is 9.98. The van der Waals surface area contributed by atoms with E-state index in [9.17, 15) is 0 Å². The molecule has 0 spiro atoms. The van der Waals surface area contributed by atoms with Gasteiger partial charge in [0.1, 0.15) is 12.1 Å². The van der Waals surface area contributed by atoms with E-state index < -0.39 is 0 Å². The third kappa shape index (κ3) is 2.99. The average molecular weight is 372 g/mol. The summed E-state index contributed by atoms with van der Waals surface area (Å²) < 4.78 is 11.1. The third-order valence-corrected chi connectivity index (χ3v) is 4.67. The Kier molecular flexibility index (Phi) is 4.53. The lowest BCUT2D eigenvalue weighted by Gasteiger charge is -2.15. The van der Waals surface area contributed by atoms with Gasteiger partial charge in [0.15, 0.2) is 17.1 Å². The Morgan fingerprint density at radius 1 is 0.893 bits per heavy atom. The first kappa shape index (κ1) is 17.7. The normalized spacial score (nSPS) is 10.8. The molecule has 2 aromatic carbocycles. The predicted octanol–water partition coefficient (Wildman–Crippen LogP) is 4.27. The molecule has 0 aliphatic rings. The van der Waals surface area contributed by atoms with Crippen molar-refractivity contribution in [1.82, 2.24) is 15.0 Å². The van der Waals surface area contributed by atoms with E-state index in [2.05, 4.69) is 29.0 Å². The van der Waals surface area contributed by atoms with Crippen molar-refractivity contribution in [1.29, 1.82) is 0 Å². The van der Waals surface area contributed by atoms with Crippen LogP contribution in [0.5, 0.6) is 11.5 Å². The molecule has 4 rings (SSSR count). The molecular weight excluding hydrogens is 352 g/mol. The van der Waals surface area contributed by atoms with Crippen molar-refractivity contribution < 1.29 is 9.47 Å². The monoisotopic (exact) mass is 372 g/mol. The standard InChI is InChI=1S/C22H20N4O2/c1-13-7-9-14(10-8-13)17-11-16(19-21(23)24-12-25-22(19)26-17)15-5-4-6-18(27-2)20(15)28-3/h4-12H,1-3H3,(H2,23,24,25,26). The first-order chi connectivity index (χ1) is 13.6. The number of aromatic nitrogens is 3. The number of benzene rings is 2. The van der Waals surface area contributed by atoms with Crippen LogP contribution in [-0.4, -0.2) is 29.2 Å². The number of anilines is 1. The number of hydrogen-bond donors (Lipinski definition) is 1. The summed E-state index contributed by atoms with van der Waals surface area (Å²) in [7, 11) is 3.23. The van der Waals surface area contributed by atoms with Crippen LogP contribution in [0.2, 0.25) is 0 Å². The highest BCUT2D eigenvalue weighted by atomic mass is 16.5. The number of hydrogen-bond acceptors (Lipinski definition) is 6. The summed E-state index contributed by atoms with van der Waals surface area (Å²) in [5, 5.41) is 0.685. The van der Waals surface area contributed by atoms with Crippen LogP contribution in [0.4, 0.5) is 5.82 Å². The van der Waals surface area contributed by atoms with E-state index in [0.29, 0.717) is 28.4 Å². The summed E-state index contributed by atoms with van der Waals surface area (Å²) >= 11 is 0. The second kappa shape index (κ2) is 7.15. The first-order valence-electron chi connectivity index (χ1n) is 8.82. The van der Waals surface area contributed by atoms with E-state index in [1.165, 1.54) is 11.9 Å². The molecule has 0 aliphatic heterocycles. The average Bonchev–Trinajstić information content (AvgIpc) is 2.73. The van der Waals surface area contributed by atoms with E-state index >= 15 is 0 Å². The molecule has 0 saturated carbocycles. The van der Waals surface area contributed by atoms with E-state index in [1.54, 1.807) is 14.2 Å². The maximum Gasteiger partial charge on any atom is 0.168 e. The maximum atomic E-state index is 6.20. The van der Waals surface area contributed by atoms with Gasteiger partial charge in [0.2, 0.25) is 0 Å². The van der Waals surface area contributed by atoms with Gasteiger partial charge in [-0.15, -0.1) is 0 Å². The fraction of sp³-hybridized carbons (Fsp3) is 0.136. The van der Waals surface area contributed by atoms with Crippen molar-refractivity contribution in [2.75, 3.05) is 20.0 Å². The van der Waals surface area contributed by atoms with Crippen molar-refractivity contribution in [3.63, 3.8) is 0 Å². The van der Waals surface area contributed by atoms with Crippen LogP contribution in [0.15, 0.2) is 54.9 Å². The summed E-state index contributed by atoms with van der Waals surface area (Å²) in [4.78, 5) is 13.2. The molecule has 140 valence electrons. The number of fused-ring (bicyclic) bond motifs is 1. The smallest absolute Gasteiger partial charge is 0.168 e. The zero-order valence-electron chi connectivity index (χ0n) is 15.9. The minimum Gasteiger partial charge on any atom is -0.493 e. The fourth-order valence-corrected chi connectivity index (χ4v) is 3.27. The second-order valence-corrected chi connectivity index (χ2v) is 6.42. The third-order valence-electron chi connectivity index (χ3n) is 4.67. The Labute approximate surface area is 163 Å². The molecule has 0 atom stereocenters. The van der Waals surface area contributed by atoms with Gasteiger partial charge in [0.25, 0.3) is 0 Å². The Bertz CT molecular complexity index is 1160. The van der Waals surface area contributed by atoms with Crippen LogP contribution >= 0.6 is 0 Å². The summed E-state index contributed by atoms with van der Waals surface area (Å²) in [6.45, 7) is 2.05. The van der Waals surface area contributed by atoms with Gasteiger partial charge in [-0.3, -0.25) is 0 Å². The van der Waals surface area contributed by atoms with E-state index in [4.69, 9.17) is 20.2 Å². The number of para-hydroxylation sites is 1. The van der Waals surface area contributed by atoms with Gasteiger partial charge in [-0.25, -0.2) is 15.0 Å². The Morgan fingerprint density at radius 2 is 1.68 bits per heavy atom. The lowest BCUT2D eigenvalue weighted by molar-refractivity contribution is 0.356. The zero-order valence-corrected chi connectivity index (χ0v) is 15.9. The van der Waals surface area contributed by atoms with Crippen LogP contribution in [0.25, 0.3) is 33.4 Å². The molecule has 2 aromatic heterocycles. The molecule has 0 radical (unpaired) electrons. The SMILES string of the molecule is COc1cccc(-c2cc(-c3ccc(C)cc3)nc3ncnc(N)c23)c1OC. The van der Waals surface area contributed by atoms with Crippen LogP contribution < -0.4 is 15.2 Å². The van der Waals surface area contributed by atoms with Crippen molar-refractivity contribution in [2.45, 2.75) is 6.92 Å². The molecule has 0 unspecified atom stereocenters. The quantitative estimate of drug-likeness (QED) is 0.576. The summed E-state index contributed by atoms with van der Waals surface area (Å²) in [6.07, 6.45) is 1.43. The number of pyridine rings is 1. The van der Waals surface area contributed by atoms with Crippen molar-refractivity contribution in [3.8, 4) is 33.9 Å². The Hall–Kier alpha value is -3.67. The summed E-state index contributed by atoms with van der Waals surface area (Å²) in [6, 6.07) is 15.9. The van der Waals surface area contributed by atoms with Crippen molar-refractivity contribution >= 4 is 16.9 Å². The second-order valence-electron chi connectivity index (χ2n) is 6.42. The minimum absolute atomic E-state index is 0.368. The number of nitrogens with two attached hydrogens (primary N) is 1. The van der Waals surface area contributed by atoms with Gasteiger partial charge in [0.05, 0.1) is 25.3 Å². The number of aryl methyl sites for hydroxylation is 1. The topological polar surface area (TPSA) is 83.2 Å². The number of rotatable bonds is 4. The lowest BCUT2D eigenvalue weighted by Crippen LogP contribution is -2.00. The number of methoxy groups -OCH3 is 2.